The number of anilines is 1. The number of nitrogens with one attached hydrogen (secondary N) is 2. The zero-order valence-corrected chi connectivity index (χ0v) is 17.7. The van der Waals surface area contributed by atoms with Gasteiger partial charge in [-0.2, -0.15) is 0 Å². The standard InChI is InChI=1S/C23H34F2N4O/c24-21-6-5-20(13-22(21)25)29-12-7-18(16-29)14-26-23(30)27-19-8-10-28(11-9-19)15-17-3-1-2-4-17/h5-6,13,17-19H,1-4,7-12,14-16H2,(H2,26,27,30). The van der Waals surface area contributed by atoms with Crippen molar-refractivity contribution in [2.45, 2.75) is 51.0 Å². The van der Waals surface area contributed by atoms with Crippen LogP contribution in [0.1, 0.15) is 44.9 Å². The minimum atomic E-state index is -0.822. The van der Waals surface area contributed by atoms with Crippen LogP contribution in [0, 0.1) is 23.5 Å². The number of hydrogen-bond acceptors (Lipinski definition) is 3. The van der Waals surface area contributed by atoms with Crippen molar-refractivity contribution in [2.24, 2.45) is 11.8 Å². The molecule has 5 nitrogen and oxygen atoms in total. The maximum absolute atomic E-state index is 13.5. The van der Waals surface area contributed by atoms with Crippen LogP contribution in [0.2, 0.25) is 0 Å². The topological polar surface area (TPSA) is 47.6 Å². The Labute approximate surface area is 178 Å². The summed E-state index contributed by atoms with van der Waals surface area (Å²) in [5, 5.41) is 6.14. The van der Waals surface area contributed by atoms with Crippen molar-refractivity contribution in [3.63, 3.8) is 0 Å². The van der Waals surface area contributed by atoms with E-state index in [1.54, 1.807) is 6.07 Å². The smallest absolute Gasteiger partial charge is 0.315 e. The minimum absolute atomic E-state index is 0.0875. The van der Waals surface area contributed by atoms with Crippen molar-refractivity contribution in [1.82, 2.24) is 15.5 Å². The first kappa shape index (κ1) is 21.3. The largest absolute Gasteiger partial charge is 0.371 e. The van der Waals surface area contributed by atoms with Gasteiger partial charge in [-0.3, -0.25) is 0 Å². The molecule has 4 rings (SSSR count). The first-order valence-corrected chi connectivity index (χ1v) is 11.5. The summed E-state index contributed by atoms with van der Waals surface area (Å²) in [7, 11) is 0. The van der Waals surface area contributed by atoms with E-state index in [2.05, 4.69) is 15.5 Å². The van der Waals surface area contributed by atoms with Crippen LogP contribution in [0.25, 0.3) is 0 Å². The lowest BCUT2D eigenvalue weighted by Crippen LogP contribution is -2.49. The Bertz CT molecular complexity index is 717. The first-order chi connectivity index (χ1) is 14.6. The van der Waals surface area contributed by atoms with Crippen LogP contribution < -0.4 is 15.5 Å². The van der Waals surface area contributed by atoms with Gasteiger partial charge in [0.05, 0.1) is 0 Å². The molecule has 1 unspecified atom stereocenters. The molecule has 1 aromatic rings. The van der Waals surface area contributed by atoms with Gasteiger partial charge >= 0.3 is 6.03 Å². The van der Waals surface area contributed by atoms with Crippen molar-refractivity contribution >= 4 is 11.7 Å². The van der Waals surface area contributed by atoms with Crippen LogP contribution in [0.3, 0.4) is 0 Å². The van der Waals surface area contributed by atoms with Gasteiger partial charge < -0.3 is 20.4 Å². The van der Waals surface area contributed by atoms with Crippen LogP contribution in [0.5, 0.6) is 0 Å². The second-order valence-corrected chi connectivity index (χ2v) is 9.28. The van der Waals surface area contributed by atoms with E-state index in [-0.39, 0.29) is 12.1 Å². The molecule has 2 aliphatic heterocycles. The highest BCUT2D eigenvalue weighted by atomic mass is 19.2. The van der Waals surface area contributed by atoms with Crippen molar-refractivity contribution in [3.05, 3.63) is 29.8 Å². The highest BCUT2D eigenvalue weighted by Crippen LogP contribution is 2.27. The van der Waals surface area contributed by atoms with Gasteiger partial charge in [0.15, 0.2) is 11.6 Å². The molecule has 1 atom stereocenters. The lowest BCUT2D eigenvalue weighted by atomic mass is 10.0. The van der Waals surface area contributed by atoms with Crippen LogP contribution in [-0.4, -0.2) is 56.2 Å². The summed E-state index contributed by atoms with van der Waals surface area (Å²) in [6.07, 6.45) is 8.52. The Balaban J connectivity index is 1.13. The Morgan fingerprint density at radius 1 is 0.967 bits per heavy atom. The van der Waals surface area contributed by atoms with Crippen LogP contribution in [-0.2, 0) is 0 Å². The lowest BCUT2D eigenvalue weighted by Gasteiger charge is -2.33. The summed E-state index contributed by atoms with van der Waals surface area (Å²) in [5.74, 6) is -0.438. The summed E-state index contributed by atoms with van der Waals surface area (Å²) in [5.41, 5.74) is 0.699. The highest BCUT2D eigenvalue weighted by molar-refractivity contribution is 5.74. The Hall–Kier alpha value is -1.89. The predicted molar refractivity (Wildman–Crippen MR) is 115 cm³/mol. The SMILES string of the molecule is O=C(NCC1CCN(c2ccc(F)c(F)c2)C1)NC1CCN(CC2CCCC2)CC1. The van der Waals surface area contributed by atoms with Gasteiger partial charge in [0.25, 0.3) is 0 Å². The third kappa shape index (κ3) is 5.62. The third-order valence-electron chi connectivity index (χ3n) is 7.02. The average molecular weight is 421 g/mol. The summed E-state index contributed by atoms with van der Waals surface area (Å²) >= 11 is 0. The Kier molecular flexibility index (Phi) is 7.08. The Morgan fingerprint density at radius 2 is 1.73 bits per heavy atom. The number of nitrogens with zero attached hydrogens (tertiary/aromatic N) is 2. The van der Waals surface area contributed by atoms with Gasteiger partial charge in [0, 0.05) is 57.1 Å². The molecule has 3 aliphatic rings. The van der Waals surface area contributed by atoms with E-state index in [9.17, 15) is 13.6 Å². The maximum atomic E-state index is 13.5. The van der Waals surface area contributed by atoms with Gasteiger partial charge in [0.1, 0.15) is 0 Å². The molecule has 1 aliphatic carbocycles. The average Bonchev–Trinajstić information content (AvgIpc) is 3.42. The summed E-state index contributed by atoms with van der Waals surface area (Å²) < 4.78 is 26.6. The lowest BCUT2D eigenvalue weighted by molar-refractivity contribution is 0.171. The second-order valence-electron chi connectivity index (χ2n) is 9.28. The molecule has 2 saturated heterocycles. The zero-order valence-electron chi connectivity index (χ0n) is 17.7. The molecule has 1 aromatic carbocycles. The molecule has 0 spiro atoms. The fourth-order valence-corrected chi connectivity index (χ4v) is 5.21. The van der Waals surface area contributed by atoms with Gasteiger partial charge in [-0.25, -0.2) is 13.6 Å². The first-order valence-electron chi connectivity index (χ1n) is 11.5. The highest BCUT2D eigenvalue weighted by Gasteiger charge is 2.26. The molecular weight excluding hydrogens is 386 g/mol. The number of benzene rings is 1. The van der Waals surface area contributed by atoms with Gasteiger partial charge in [-0.15, -0.1) is 0 Å². The number of piperidine rings is 1. The van der Waals surface area contributed by atoms with Gasteiger partial charge in [0.2, 0.25) is 0 Å². The number of amides is 2. The molecule has 7 heteroatoms. The Morgan fingerprint density at radius 3 is 2.47 bits per heavy atom. The van der Waals surface area contributed by atoms with Crippen LogP contribution >= 0.6 is 0 Å². The maximum Gasteiger partial charge on any atom is 0.315 e. The molecule has 0 aromatic heterocycles. The number of hydrogen-bond donors (Lipinski definition) is 2. The quantitative estimate of drug-likeness (QED) is 0.737. The van der Waals surface area contributed by atoms with Crippen molar-refractivity contribution < 1.29 is 13.6 Å². The normalized spacial score (nSPS) is 23.8. The van der Waals surface area contributed by atoms with E-state index in [0.29, 0.717) is 18.2 Å². The number of urea groups is 1. The minimum Gasteiger partial charge on any atom is -0.371 e. The van der Waals surface area contributed by atoms with E-state index < -0.39 is 11.6 Å². The number of carbonyl (C=O) groups is 1. The van der Waals surface area contributed by atoms with Crippen molar-refractivity contribution in [2.75, 3.05) is 44.2 Å². The van der Waals surface area contributed by atoms with Crippen molar-refractivity contribution in [3.8, 4) is 0 Å². The van der Waals surface area contributed by atoms with Crippen molar-refractivity contribution in [1.29, 1.82) is 0 Å². The monoisotopic (exact) mass is 420 g/mol. The molecule has 166 valence electrons. The number of rotatable bonds is 6. The molecule has 1 saturated carbocycles. The summed E-state index contributed by atoms with van der Waals surface area (Å²) in [6.45, 7) is 5.52. The molecule has 0 radical (unpaired) electrons. The molecule has 2 N–H and O–H groups in total. The number of carbonyl (C=O) groups excluding carboxylic acids is 1. The van der Waals surface area contributed by atoms with E-state index in [0.717, 1.165) is 51.4 Å². The third-order valence-corrected chi connectivity index (χ3v) is 7.02. The van der Waals surface area contributed by atoms with E-state index in [1.807, 2.05) is 4.90 Å². The molecule has 30 heavy (non-hydrogen) atoms. The summed E-state index contributed by atoms with van der Waals surface area (Å²) in [4.78, 5) is 16.9. The number of likely N-dealkylation sites (tertiary alicyclic amines) is 1. The molecular formula is C23H34F2N4O. The predicted octanol–water partition coefficient (Wildman–Crippen LogP) is 3.74. The fraction of sp³-hybridized carbons (Fsp3) is 0.696. The van der Waals surface area contributed by atoms with Gasteiger partial charge in [-0.05, 0) is 56.1 Å². The van der Waals surface area contributed by atoms with Crippen LogP contribution in [0.15, 0.2) is 18.2 Å². The van der Waals surface area contributed by atoms with Gasteiger partial charge in [-0.1, -0.05) is 12.8 Å². The van der Waals surface area contributed by atoms with E-state index >= 15 is 0 Å². The molecule has 2 heterocycles. The van der Waals surface area contributed by atoms with Crippen LogP contribution in [0.4, 0.5) is 19.3 Å². The second kappa shape index (κ2) is 9.94. The molecule has 0 bridgehead atoms. The number of halogens is 2. The summed E-state index contributed by atoms with van der Waals surface area (Å²) in [6, 6.07) is 4.20. The molecule has 3 fully saturated rings. The fourth-order valence-electron chi connectivity index (χ4n) is 5.21. The van der Waals surface area contributed by atoms with E-state index in [1.165, 1.54) is 44.4 Å². The van der Waals surface area contributed by atoms with E-state index in [4.69, 9.17) is 0 Å². The molecule has 2 amide bonds. The zero-order chi connectivity index (χ0) is 20.9.